The van der Waals surface area contributed by atoms with E-state index in [4.69, 9.17) is 0 Å². The fourth-order valence-corrected chi connectivity index (χ4v) is 4.13. The first-order valence-electron chi connectivity index (χ1n) is 9.37. The molecule has 2 fully saturated rings. The van der Waals surface area contributed by atoms with Gasteiger partial charge in [-0.2, -0.15) is 0 Å². The summed E-state index contributed by atoms with van der Waals surface area (Å²) in [5, 5.41) is 3.10. The third-order valence-corrected chi connectivity index (χ3v) is 5.56. The zero-order chi connectivity index (χ0) is 17.2. The number of amides is 2. The van der Waals surface area contributed by atoms with Crippen molar-refractivity contribution in [2.24, 2.45) is 5.92 Å². The van der Waals surface area contributed by atoms with E-state index >= 15 is 0 Å². The molecule has 1 aliphatic carbocycles. The molecule has 2 aromatic rings. The number of carbonyl (C=O) groups is 2. The topological polar surface area (TPSA) is 53.8 Å². The van der Waals surface area contributed by atoms with Gasteiger partial charge >= 0.3 is 0 Å². The van der Waals surface area contributed by atoms with E-state index in [1.54, 1.807) is 0 Å². The maximum atomic E-state index is 12.6. The molecule has 2 amide bonds. The van der Waals surface area contributed by atoms with Crippen molar-refractivity contribution in [2.75, 3.05) is 13.1 Å². The van der Waals surface area contributed by atoms with Gasteiger partial charge in [0, 0.05) is 43.0 Å². The van der Waals surface area contributed by atoms with Gasteiger partial charge in [-0.15, -0.1) is 0 Å². The van der Waals surface area contributed by atoms with Gasteiger partial charge in [0.1, 0.15) is 0 Å². The Bertz CT molecular complexity index is 743. The first-order valence-corrected chi connectivity index (χ1v) is 9.37. The number of hydrogen-bond donors (Lipinski definition) is 1. The summed E-state index contributed by atoms with van der Waals surface area (Å²) >= 11 is 0. The molecule has 5 heteroatoms. The molecule has 5 nitrogen and oxygen atoms in total. The summed E-state index contributed by atoms with van der Waals surface area (Å²) in [4.78, 5) is 27.1. The summed E-state index contributed by atoms with van der Waals surface area (Å²) in [7, 11) is 0. The Balaban J connectivity index is 1.35. The standard InChI is InChI=1S/C20H25N3O2/c24-19(16-12-18-8-4-5-10-22(18)13-16)21-17-9-11-23(14-17)20(25)15-6-2-1-3-7-15/h4-5,8,10,12-13,15,17H,1-3,6-7,9,11,14H2,(H,21,24). The molecule has 0 spiro atoms. The van der Waals surface area contributed by atoms with Crippen LogP contribution in [0.2, 0.25) is 0 Å². The Labute approximate surface area is 148 Å². The second-order valence-corrected chi connectivity index (χ2v) is 7.34. The Kier molecular flexibility index (Phi) is 4.47. The van der Waals surface area contributed by atoms with Crippen LogP contribution in [0.4, 0.5) is 0 Å². The number of rotatable bonds is 3. The molecule has 2 aliphatic rings. The van der Waals surface area contributed by atoms with Gasteiger partial charge in [0.25, 0.3) is 5.91 Å². The minimum atomic E-state index is -0.0549. The highest BCUT2D eigenvalue weighted by Gasteiger charge is 2.32. The highest BCUT2D eigenvalue weighted by atomic mass is 16.2. The van der Waals surface area contributed by atoms with Gasteiger partial charge in [-0.3, -0.25) is 9.59 Å². The Hall–Kier alpha value is -2.30. The molecule has 3 heterocycles. The first kappa shape index (κ1) is 16.2. The first-order chi connectivity index (χ1) is 12.2. The van der Waals surface area contributed by atoms with Gasteiger partial charge < -0.3 is 14.6 Å². The van der Waals surface area contributed by atoms with Crippen LogP contribution in [0.15, 0.2) is 36.7 Å². The van der Waals surface area contributed by atoms with Crippen LogP contribution in [0.3, 0.4) is 0 Å². The fourth-order valence-electron chi connectivity index (χ4n) is 4.13. The fraction of sp³-hybridized carbons (Fsp3) is 0.500. The van der Waals surface area contributed by atoms with Crippen molar-refractivity contribution >= 4 is 17.3 Å². The van der Waals surface area contributed by atoms with E-state index in [1.165, 1.54) is 19.3 Å². The summed E-state index contributed by atoms with van der Waals surface area (Å²) in [5.41, 5.74) is 1.68. The SMILES string of the molecule is O=C(NC1CCN(C(=O)C2CCCCC2)C1)c1cc2ccccn2c1. The van der Waals surface area contributed by atoms with Gasteiger partial charge in [-0.1, -0.05) is 25.3 Å². The quantitative estimate of drug-likeness (QED) is 0.935. The van der Waals surface area contributed by atoms with Crippen molar-refractivity contribution in [3.63, 3.8) is 0 Å². The van der Waals surface area contributed by atoms with E-state index in [9.17, 15) is 9.59 Å². The molecule has 1 N–H and O–H groups in total. The number of aromatic nitrogens is 1. The third-order valence-electron chi connectivity index (χ3n) is 5.56. The van der Waals surface area contributed by atoms with Crippen LogP contribution in [0.5, 0.6) is 0 Å². The highest BCUT2D eigenvalue weighted by molar-refractivity contribution is 5.95. The summed E-state index contributed by atoms with van der Waals surface area (Å²) in [6.07, 6.45) is 10.3. The summed E-state index contributed by atoms with van der Waals surface area (Å²) in [6, 6.07) is 7.85. The number of carbonyl (C=O) groups excluding carboxylic acids is 2. The lowest BCUT2D eigenvalue weighted by Gasteiger charge is -2.26. The number of fused-ring (bicyclic) bond motifs is 1. The normalized spacial score (nSPS) is 21.6. The molecular formula is C20H25N3O2. The van der Waals surface area contributed by atoms with Crippen molar-refractivity contribution in [1.82, 2.24) is 14.6 Å². The smallest absolute Gasteiger partial charge is 0.253 e. The number of nitrogens with one attached hydrogen (secondary N) is 1. The average Bonchev–Trinajstić information content (AvgIpc) is 3.28. The van der Waals surface area contributed by atoms with E-state index in [0.717, 1.165) is 31.3 Å². The van der Waals surface area contributed by atoms with Crippen LogP contribution >= 0.6 is 0 Å². The third kappa shape index (κ3) is 3.41. The number of pyridine rings is 1. The molecule has 0 radical (unpaired) electrons. The number of nitrogens with zero attached hydrogens (tertiary/aromatic N) is 2. The van der Waals surface area contributed by atoms with Crippen LogP contribution in [0, 0.1) is 5.92 Å². The van der Waals surface area contributed by atoms with Crippen molar-refractivity contribution in [1.29, 1.82) is 0 Å². The van der Waals surface area contributed by atoms with Crippen molar-refractivity contribution in [3.8, 4) is 0 Å². The molecule has 1 unspecified atom stereocenters. The second-order valence-electron chi connectivity index (χ2n) is 7.34. The average molecular weight is 339 g/mol. The molecule has 1 saturated heterocycles. The molecule has 25 heavy (non-hydrogen) atoms. The molecule has 132 valence electrons. The minimum absolute atomic E-state index is 0.0549. The number of hydrogen-bond acceptors (Lipinski definition) is 2. The predicted molar refractivity (Wildman–Crippen MR) is 96.4 cm³/mol. The maximum Gasteiger partial charge on any atom is 0.253 e. The Morgan fingerprint density at radius 3 is 2.72 bits per heavy atom. The van der Waals surface area contributed by atoms with Gasteiger partial charge in [0.05, 0.1) is 5.56 Å². The molecule has 1 atom stereocenters. The van der Waals surface area contributed by atoms with Crippen molar-refractivity contribution in [3.05, 3.63) is 42.2 Å². The Morgan fingerprint density at radius 1 is 1.08 bits per heavy atom. The largest absolute Gasteiger partial charge is 0.347 e. The van der Waals surface area contributed by atoms with Gasteiger partial charge in [-0.25, -0.2) is 0 Å². The molecule has 0 aromatic carbocycles. The molecule has 1 saturated carbocycles. The summed E-state index contributed by atoms with van der Waals surface area (Å²) in [5.74, 6) is 0.451. The van der Waals surface area contributed by atoms with Crippen molar-refractivity contribution in [2.45, 2.75) is 44.6 Å². The van der Waals surface area contributed by atoms with E-state index in [0.29, 0.717) is 18.0 Å². The zero-order valence-electron chi connectivity index (χ0n) is 14.5. The van der Waals surface area contributed by atoms with Crippen LogP contribution < -0.4 is 5.32 Å². The Morgan fingerprint density at radius 2 is 1.92 bits per heavy atom. The summed E-state index contributed by atoms with van der Waals surface area (Å²) < 4.78 is 1.95. The van der Waals surface area contributed by atoms with Gasteiger partial charge in [-0.05, 0) is 37.5 Å². The van der Waals surface area contributed by atoms with Gasteiger partial charge in [0.15, 0.2) is 0 Å². The van der Waals surface area contributed by atoms with Crippen LogP contribution in [0.25, 0.3) is 5.52 Å². The van der Waals surface area contributed by atoms with Crippen LogP contribution in [0.1, 0.15) is 48.9 Å². The van der Waals surface area contributed by atoms with E-state index in [1.807, 2.05) is 46.0 Å². The van der Waals surface area contributed by atoms with E-state index < -0.39 is 0 Å². The lowest BCUT2D eigenvalue weighted by Crippen LogP contribution is -2.40. The van der Waals surface area contributed by atoms with Crippen LogP contribution in [-0.4, -0.2) is 40.2 Å². The van der Waals surface area contributed by atoms with Crippen molar-refractivity contribution < 1.29 is 9.59 Å². The predicted octanol–water partition coefficient (Wildman–Crippen LogP) is 2.85. The van der Waals surface area contributed by atoms with E-state index in [2.05, 4.69) is 5.32 Å². The van der Waals surface area contributed by atoms with Gasteiger partial charge in [0.2, 0.25) is 5.91 Å². The molecule has 4 rings (SSSR count). The molecular weight excluding hydrogens is 314 g/mol. The monoisotopic (exact) mass is 339 g/mol. The second kappa shape index (κ2) is 6.90. The molecule has 2 aromatic heterocycles. The zero-order valence-corrected chi connectivity index (χ0v) is 14.5. The van der Waals surface area contributed by atoms with Crippen LogP contribution in [-0.2, 0) is 4.79 Å². The van der Waals surface area contributed by atoms with E-state index in [-0.39, 0.29) is 17.9 Å². The highest BCUT2D eigenvalue weighted by Crippen LogP contribution is 2.26. The molecule has 0 bridgehead atoms. The number of likely N-dealkylation sites (tertiary alicyclic amines) is 1. The molecule has 1 aliphatic heterocycles. The lowest BCUT2D eigenvalue weighted by molar-refractivity contribution is -0.135. The summed E-state index contributed by atoms with van der Waals surface area (Å²) in [6.45, 7) is 1.41. The lowest BCUT2D eigenvalue weighted by atomic mass is 9.88. The minimum Gasteiger partial charge on any atom is -0.347 e. The maximum absolute atomic E-state index is 12.6.